The number of nitrogens with zero attached hydrogens (tertiary/aromatic N) is 3. The molecule has 0 saturated carbocycles. The highest BCUT2D eigenvalue weighted by Gasteiger charge is 2.27. The maximum absolute atomic E-state index is 12.7. The minimum atomic E-state index is 0.240. The third-order valence-corrected chi connectivity index (χ3v) is 6.31. The van der Waals surface area contributed by atoms with Crippen molar-refractivity contribution in [3.63, 3.8) is 0 Å². The number of fused-ring (bicyclic) bond motifs is 2. The fraction of sp³-hybridized carbons (Fsp3) is 0.269. The Hall–Kier alpha value is -3.27. The molecule has 1 aromatic heterocycles. The summed E-state index contributed by atoms with van der Waals surface area (Å²) in [6.45, 7) is 0. The number of rotatable bonds is 6. The van der Waals surface area contributed by atoms with Crippen LogP contribution in [0.2, 0.25) is 0 Å². The molecule has 0 atom stereocenters. The summed E-state index contributed by atoms with van der Waals surface area (Å²) in [7, 11) is 2.03. The second kappa shape index (κ2) is 7.86. The largest absolute Gasteiger partial charge is 0.318 e. The second-order valence-corrected chi connectivity index (χ2v) is 8.26. The van der Waals surface area contributed by atoms with Gasteiger partial charge in [0.15, 0.2) is 0 Å². The molecule has 0 radical (unpaired) electrons. The van der Waals surface area contributed by atoms with Gasteiger partial charge in [0.2, 0.25) is 0 Å². The Morgan fingerprint density at radius 3 is 2.43 bits per heavy atom. The second-order valence-electron chi connectivity index (χ2n) is 8.26. The molecule has 1 heterocycles. The molecule has 0 amide bonds. The Bertz CT molecular complexity index is 1190. The number of carbonyl (C=O) groups is 1. The van der Waals surface area contributed by atoms with Crippen LogP contribution < -0.4 is 0 Å². The van der Waals surface area contributed by atoms with Gasteiger partial charge < -0.3 is 4.57 Å². The summed E-state index contributed by atoms with van der Waals surface area (Å²) in [5, 5.41) is 11.2. The highest BCUT2D eigenvalue weighted by molar-refractivity contribution is 5.90. The van der Waals surface area contributed by atoms with Crippen molar-refractivity contribution in [2.75, 3.05) is 0 Å². The van der Waals surface area contributed by atoms with E-state index in [0.29, 0.717) is 25.2 Å². The Morgan fingerprint density at radius 1 is 0.933 bits per heavy atom. The van der Waals surface area contributed by atoms with E-state index >= 15 is 0 Å². The molecule has 4 heteroatoms. The van der Waals surface area contributed by atoms with Crippen LogP contribution in [-0.2, 0) is 37.5 Å². The number of benzene rings is 3. The monoisotopic (exact) mass is 395 g/mol. The number of hydrogen-bond acceptors (Lipinski definition) is 3. The van der Waals surface area contributed by atoms with E-state index in [2.05, 4.69) is 63.3 Å². The molecule has 5 rings (SSSR count). The van der Waals surface area contributed by atoms with Crippen molar-refractivity contribution in [3.8, 4) is 0 Å². The summed E-state index contributed by atoms with van der Waals surface area (Å²) in [5.41, 5.74) is 3.93. The van der Waals surface area contributed by atoms with E-state index in [0.717, 1.165) is 35.4 Å². The van der Waals surface area contributed by atoms with E-state index in [4.69, 9.17) is 0 Å². The lowest BCUT2D eigenvalue weighted by Crippen LogP contribution is -2.10. The number of ketones is 1. The Morgan fingerprint density at radius 2 is 1.63 bits per heavy atom. The first-order valence-corrected chi connectivity index (χ1v) is 10.6. The fourth-order valence-electron chi connectivity index (χ4n) is 4.69. The number of Topliss-reactive ketones (excluding diaryl/α,β-unsaturated/α-hetero) is 1. The van der Waals surface area contributed by atoms with Gasteiger partial charge in [0, 0.05) is 32.2 Å². The molecule has 0 saturated heterocycles. The molecule has 4 nitrogen and oxygen atoms in total. The summed E-state index contributed by atoms with van der Waals surface area (Å²) >= 11 is 0. The van der Waals surface area contributed by atoms with Gasteiger partial charge in [-0.3, -0.25) is 4.79 Å². The zero-order valence-corrected chi connectivity index (χ0v) is 17.2. The maximum Gasteiger partial charge on any atom is 0.137 e. The molecular formula is C26H25N3O. The molecule has 0 N–H and O–H groups in total. The number of carbonyl (C=O) groups excluding carboxylic acids is 1. The first kappa shape index (κ1) is 18.7. The fourth-order valence-corrected chi connectivity index (χ4v) is 4.69. The minimum absolute atomic E-state index is 0.240. The van der Waals surface area contributed by atoms with Crippen LogP contribution in [0, 0.1) is 0 Å². The van der Waals surface area contributed by atoms with Crippen LogP contribution in [0.5, 0.6) is 0 Å². The van der Waals surface area contributed by atoms with Gasteiger partial charge in [-0.15, -0.1) is 10.2 Å². The first-order chi connectivity index (χ1) is 14.7. The van der Waals surface area contributed by atoms with Crippen LogP contribution in [0.1, 0.15) is 40.7 Å². The number of aryl methyl sites for hydroxylation is 1. The Labute approximate surface area is 176 Å². The maximum atomic E-state index is 12.7. The van der Waals surface area contributed by atoms with E-state index in [1.165, 1.54) is 16.5 Å². The van der Waals surface area contributed by atoms with Crippen molar-refractivity contribution < 1.29 is 4.79 Å². The third kappa shape index (κ3) is 3.54. The van der Waals surface area contributed by atoms with E-state index < -0.39 is 0 Å². The van der Waals surface area contributed by atoms with Crippen molar-refractivity contribution in [1.29, 1.82) is 0 Å². The quantitative estimate of drug-likeness (QED) is 0.480. The zero-order chi connectivity index (χ0) is 20.5. The van der Waals surface area contributed by atoms with Gasteiger partial charge >= 0.3 is 0 Å². The third-order valence-electron chi connectivity index (χ3n) is 6.31. The average Bonchev–Trinajstić information content (AvgIpc) is 3.35. The van der Waals surface area contributed by atoms with Crippen molar-refractivity contribution in [1.82, 2.24) is 14.8 Å². The smallest absolute Gasteiger partial charge is 0.137 e. The van der Waals surface area contributed by atoms with Crippen LogP contribution in [0.3, 0.4) is 0 Å². The number of aromatic nitrogens is 3. The van der Waals surface area contributed by atoms with Gasteiger partial charge in [0.05, 0.1) is 0 Å². The van der Waals surface area contributed by atoms with Crippen LogP contribution in [0.4, 0.5) is 0 Å². The van der Waals surface area contributed by atoms with Gasteiger partial charge in [-0.05, 0) is 40.3 Å². The van der Waals surface area contributed by atoms with E-state index in [9.17, 15) is 4.79 Å². The summed E-state index contributed by atoms with van der Waals surface area (Å²) in [4.78, 5) is 12.7. The van der Waals surface area contributed by atoms with Gasteiger partial charge in [-0.25, -0.2) is 0 Å². The van der Waals surface area contributed by atoms with Gasteiger partial charge in [-0.2, -0.15) is 0 Å². The van der Waals surface area contributed by atoms with Gasteiger partial charge in [0.1, 0.15) is 17.4 Å². The Balaban J connectivity index is 1.24. The highest BCUT2D eigenvalue weighted by Crippen LogP contribution is 2.33. The van der Waals surface area contributed by atoms with Crippen molar-refractivity contribution in [3.05, 3.63) is 95.1 Å². The summed E-state index contributed by atoms with van der Waals surface area (Å²) in [5.74, 6) is 2.54. The predicted molar refractivity (Wildman–Crippen MR) is 119 cm³/mol. The van der Waals surface area contributed by atoms with Crippen molar-refractivity contribution in [2.45, 2.75) is 38.0 Å². The molecule has 3 aromatic carbocycles. The molecule has 4 aromatic rings. The molecule has 0 bridgehead atoms. The minimum Gasteiger partial charge on any atom is -0.318 e. The van der Waals surface area contributed by atoms with Crippen LogP contribution in [0.25, 0.3) is 10.8 Å². The SMILES string of the molecule is Cn1c(CCC(=O)Cc2cccc3ccccc23)nnc1C1Cc2ccccc2C1. The van der Waals surface area contributed by atoms with Crippen LogP contribution in [-0.4, -0.2) is 20.5 Å². The topological polar surface area (TPSA) is 47.8 Å². The lowest BCUT2D eigenvalue weighted by Gasteiger charge is -2.09. The summed E-state index contributed by atoms with van der Waals surface area (Å²) < 4.78 is 2.10. The molecule has 150 valence electrons. The first-order valence-electron chi connectivity index (χ1n) is 10.6. The van der Waals surface area contributed by atoms with Gasteiger partial charge in [-0.1, -0.05) is 66.7 Å². The van der Waals surface area contributed by atoms with Crippen molar-refractivity contribution >= 4 is 16.6 Å². The lowest BCUT2D eigenvalue weighted by atomic mass is 9.99. The van der Waals surface area contributed by atoms with Crippen LogP contribution in [0.15, 0.2) is 66.7 Å². The standard InChI is InChI=1S/C26H25N3O/c1-29-25(27-28-26(29)22-15-19-8-2-3-9-20(19)16-22)14-13-23(30)17-21-11-6-10-18-7-4-5-12-24(18)21/h2-12,22H,13-17H2,1H3. The molecule has 0 aliphatic heterocycles. The molecule has 0 unspecified atom stereocenters. The van der Waals surface area contributed by atoms with E-state index in [1.54, 1.807) is 0 Å². The van der Waals surface area contributed by atoms with E-state index in [1.807, 2.05) is 25.2 Å². The predicted octanol–water partition coefficient (Wildman–Crippen LogP) is 4.60. The average molecular weight is 396 g/mol. The van der Waals surface area contributed by atoms with Crippen molar-refractivity contribution in [2.24, 2.45) is 7.05 Å². The molecular weight excluding hydrogens is 370 g/mol. The van der Waals surface area contributed by atoms with Crippen LogP contribution >= 0.6 is 0 Å². The molecule has 0 spiro atoms. The van der Waals surface area contributed by atoms with Gasteiger partial charge in [0.25, 0.3) is 0 Å². The lowest BCUT2D eigenvalue weighted by molar-refractivity contribution is -0.118. The van der Waals surface area contributed by atoms with E-state index in [-0.39, 0.29) is 5.78 Å². The molecule has 30 heavy (non-hydrogen) atoms. The molecule has 0 fully saturated rings. The highest BCUT2D eigenvalue weighted by atomic mass is 16.1. The summed E-state index contributed by atoms with van der Waals surface area (Å²) in [6, 6.07) is 23.0. The Kier molecular flexibility index (Phi) is 4.91. The summed E-state index contributed by atoms with van der Waals surface area (Å²) in [6.07, 6.45) is 3.61. The zero-order valence-electron chi connectivity index (χ0n) is 17.2. The normalized spacial score (nSPS) is 13.6. The number of hydrogen-bond donors (Lipinski definition) is 0. The molecule has 1 aliphatic rings. The molecule has 1 aliphatic carbocycles.